The number of hydrogen-bond donors (Lipinski definition) is 2. The number of carbonyl (C=O) groups excluding carboxylic acids is 1. The van der Waals surface area contributed by atoms with E-state index in [4.69, 9.17) is 10.5 Å². The molecule has 0 atom stereocenters. The lowest BCUT2D eigenvalue weighted by Gasteiger charge is -2.15. The highest BCUT2D eigenvalue weighted by molar-refractivity contribution is 5.94. The van der Waals surface area contributed by atoms with Gasteiger partial charge in [0.2, 0.25) is 0 Å². The fourth-order valence-corrected chi connectivity index (χ4v) is 2.24. The van der Waals surface area contributed by atoms with Crippen molar-refractivity contribution >= 4 is 5.91 Å². The first kappa shape index (κ1) is 15.6. The molecule has 1 aliphatic rings. The number of amides is 1. The highest BCUT2D eigenvalue weighted by Gasteiger charge is 2.42. The maximum atomic E-state index is 12.1. The SMILES string of the molecule is COCCC1(CNC(=O)c2ccc(C#CCN)cc2)CC1. The van der Waals surface area contributed by atoms with E-state index in [-0.39, 0.29) is 11.3 Å². The van der Waals surface area contributed by atoms with Gasteiger partial charge in [-0.15, -0.1) is 0 Å². The summed E-state index contributed by atoms with van der Waals surface area (Å²) in [4.78, 5) is 12.1. The number of carbonyl (C=O) groups is 1. The second-order valence-electron chi connectivity index (χ2n) is 5.51. The maximum absolute atomic E-state index is 12.1. The van der Waals surface area contributed by atoms with Gasteiger partial charge in [0.1, 0.15) is 0 Å². The minimum atomic E-state index is -0.0305. The molecule has 0 aromatic heterocycles. The molecule has 2 rings (SSSR count). The highest BCUT2D eigenvalue weighted by Crippen LogP contribution is 2.48. The Morgan fingerprint density at radius 3 is 2.67 bits per heavy atom. The lowest BCUT2D eigenvalue weighted by molar-refractivity contribution is 0.0938. The van der Waals surface area contributed by atoms with Gasteiger partial charge in [-0.1, -0.05) is 11.8 Å². The molecule has 0 aliphatic heterocycles. The summed E-state index contributed by atoms with van der Waals surface area (Å²) in [7, 11) is 1.71. The number of rotatable bonds is 6. The Labute approximate surface area is 126 Å². The molecular formula is C17H22N2O2. The molecule has 1 aromatic carbocycles. The van der Waals surface area contributed by atoms with Crippen molar-refractivity contribution in [2.24, 2.45) is 11.1 Å². The third-order valence-electron chi connectivity index (χ3n) is 3.90. The summed E-state index contributed by atoms with van der Waals surface area (Å²) in [5.41, 5.74) is 7.12. The second kappa shape index (κ2) is 7.26. The summed E-state index contributed by atoms with van der Waals surface area (Å²) in [6.07, 6.45) is 3.35. The van der Waals surface area contributed by atoms with Gasteiger partial charge in [-0.25, -0.2) is 0 Å². The standard InChI is InChI=1S/C17H22N2O2/c1-21-12-10-17(8-9-17)13-19-16(20)15-6-4-14(5-7-15)3-2-11-18/h4-7H,8-13,18H2,1H3,(H,19,20). The van der Waals surface area contributed by atoms with Gasteiger partial charge in [0.05, 0.1) is 6.54 Å². The Kier molecular flexibility index (Phi) is 5.38. The topological polar surface area (TPSA) is 64.3 Å². The van der Waals surface area contributed by atoms with Crippen molar-refractivity contribution in [3.8, 4) is 11.8 Å². The summed E-state index contributed by atoms with van der Waals surface area (Å²) in [5, 5.41) is 3.02. The zero-order valence-electron chi connectivity index (χ0n) is 12.4. The maximum Gasteiger partial charge on any atom is 0.251 e. The first-order valence-corrected chi connectivity index (χ1v) is 7.25. The molecule has 0 saturated heterocycles. The van der Waals surface area contributed by atoms with Gasteiger partial charge >= 0.3 is 0 Å². The van der Waals surface area contributed by atoms with Gasteiger partial charge in [-0.3, -0.25) is 4.79 Å². The zero-order chi connectivity index (χ0) is 15.1. The molecule has 1 fully saturated rings. The van der Waals surface area contributed by atoms with Crippen molar-refractivity contribution in [1.82, 2.24) is 5.32 Å². The Bertz CT molecular complexity index is 536. The minimum absolute atomic E-state index is 0.0305. The average molecular weight is 286 g/mol. The largest absolute Gasteiger partial charge is 0.385 e. The van der Waals surface area contributed by atoms with Gasteiger partial charge in [0, 0.05) is 31.4 Å². The van der Waals surface area contributed by atoms with Crippen molar-refractivity contribution in [1.29, 1.82) is 0 Å². The predicted molar refractivity (Wildman–Crippen MR) is 82.9 cm³/mol. The fourth-order valence-electron chi connectivity index (χ4n) is 2.24. The number of benzene rings is 1. The quantitative estimate of drug-likeness (QED) is 0.780. The highest BCUT2D eigenvalue weighted by atomic mass is 16.5. The van der Waals surface area contributed by atoms with Crippen LogP contribution in [0.4, 0.5) is 0 Å². The van der Waals surface area contributed by atoms with Crippen molar-refractivity contribution in [2.45, 2.75) is 19.3 Å². The molecule has 1 saturated carbocycles. The Balaban J connectivity index is 1.86. The molecular weight excluding hydrogens is 264 g/mol. The van der Waals surface area contributed by atoms with Gasteiger partial charge in [0.15, 0.2) is 0 Å². The number of nitrogens with two attached hydrogens (primary N) is 1. The molecule has 0 spiro atoms. The molecule has 0 bridgehead atoms. The van der Waals surface area contributed by atoms with Crippen LogP contribution in [0.5, 0.6) is 0 Å². The van der Waals surface area contributed by atoms with E-state index >= 15 is 0 Å². The monoisotopic (exact) mass is 286 g/mol. The van der Waals surface area contributed by atoms with Crippen molar-refractivity contribution in [3.05, 3.63) is 35.4 Å². The number of methoxy groups -OCH3 is 1. The van der Waals surface area contributed by atoms with Gasteiger partial charge in [-0.05, 0) is 48.9 Å². The van der Waals surface area contributed by atoms with E-state index in [0.29, 0.717) is 12.1 Å². The molecule has 21 heavy (non-hydrogen) atoms. The molecule has 0 unspecified atom stereocenters. The van der Waals surface area contributed by atoms with E-state index in [2.05, 4.69) is 17.2 Å². The zero-order valence-corrected chi connectivity index (χ0v) is 12.4. The Hall–Kier alpha value is -1.83. The first-order valence-electron chi connectivity index (χ1n) is 7.25. The predicted octanol–water partition coefficient (Wildman–Crippen LogP) is 1.54. The molecule has 112 valence electrons. The molecule has 3 N–H and O–H groups in total. The van der Waals surface area contributed by atoms with Crippen molar-refractivity contribution < 1.29 is 9.53 Å². The van der Waals surface area contributed by atoms with Crippen LogP contribution in [-0.4, -0.2) is 32.7 Å². The number of hydrogen-bond acceptors (Lipinski definition) is 3. The lowest BCUT2D eigenvalue weighted by Crippen LogP contribution is -2.30. The minimum Gasteiger partial charge on any atom is -0.385 e. The van der Waals surface area contributed by atoms with E-state index < -0.39 is 0 Å². The third-order valence-corrected chi connectivity index (χ3v) is 3.90. The molecule has 0 radical (unpaired) electrons. The number of ether oxygens (including phenoxy) is 1. The molecule has 4 heteroatoms. The summed E-state index contributed by atoms with van der Waals surface area (Å²) in [6, 6.07) is 7.28. The van der Waals surface area contributed by atoms with Crippen LogP contribution in [0.1, 0.15) is 35.2 Å². The van der Waals surface area contributed by atoms with E-state index in [1.54, 1.807) is 19.2 Å². The van der Waals surface area contributed by atoms with E-state index in [1.165, 1.54) is 12.8 Å². The second-order valence-corrected chi connectivity index (χ2v) is 5.51. The van der Waals surface area contributed by atoms with Gasteiger partial charge in [0.25, 0.3) is 5.91 Å². The van der Waals surface area contributed by atoms with Crippen molar-refractivity contribution in [3.63, 3.8) is 0 Å². The average Bonchev–Trinajstić information content (AvgIpc) is 3.29. The van der Waals surface area contributed by atoms with Crippen LogP contribution in [-0.2, 0) is 4.74 Å². The van der Waals surface area contributed by atoms with E-state index in [0.717, 1.165) is 25.1 Å². The van der Waals surface area contributed by atoms with Crippen LogP contribution in [0.25, 0.3) is 0 Å². The van der Waals surface area contributed by atoms with Crippen LogP contribution in [0.2, 0.25) is 0 Å². The van der Waals surface area contributed by atoms with Crippen LogP contribution in [0, 0.1) is 17.3 Å². The first-order chi connectivity index (χ1) is 10.2. The van der Waals surface area contributed by atoms with Gasteiger partial charge < -0.3 is 15.8 Å². The summed E-state index contributed by atoms with van der Waals surface area (Å²) >= 11 is 0. The molecule has 1 aliphatic carbocycles. The van der Waals surface area contributed by atoms with Gasteiger partial charge in [-0.2, -0.15) is 0 Å². The molecule has 4 nitrogen and oxygen atoms in total. The van der Waals surface area contributed by atoms with Crippen LogP contribution < -0.4 is 11.1 Å². The van der Waals surface area contributed by atoms with Crippen LogP contribution in [0.15, 0.2) is 24.3 Å². The Morgan fingerprint density at radius 1 is 1.38 bits per heavy atom. The lowest BCUT2D eigenvalue weighted by atomic mass is 10.0. The number of nitrogens with one attached hydrogen (secondary N) is 1. The van der Waals surface area contributed by atoms with Crippen LogP contribution >= 0.6 is 0 Å². The summed E-state index contributed by atoms with van der Waals surface area (Å²) in [5.74, 6) is 5.70. The molecule has 1 aromatic rings. The van der Waals surface area contributed by atoms with Crippen LogP contribution in [0.3, 0.4) is 0 Å². The van der Waals surface area contributed by atoms with E-state index in [9.17, 15) is 4.79 Å². The third kappa shape index (κ3) is 4.59. The summed E-state index contributed by atoms with van der Waals surface area (Å²) < 4.78 is 5.12. The fraction of sp³-hybridized carbons (Fsp3) is 0.471. The summed E-state index contributed by atoms with van der Waals surface area (Å²) in [6.45, 7) is 1.82. The normalized spacial score (nSPS) is 15.0. The Morgan fingerprint density at radius 2 is 2.10 bits per heavy atom. The smallest absolute Gasteiger partial charge is 0.251 e. The molecule has 0 heterocycles. The van der Waals surface area contributed by atoms with E-state index in [1.807, 2.05) is 12.1 Å². The van der Waals surface area contributed by atoms with Crippen molar-refractivity contribution in [2.75, 3.05) is 26.8 Å². The molecule has 1 amide bonds.